The molecule has 2 rings (SSSR count). The second-order valence-corrected chi connectivity index (χ2v) is 3.33. The Morgan fingerprint density at radius 2 is 2.00 bits per heavy atom. The number of aryl methyl sites for hydroxylation is 2. The Balaban J connectivity index is 3.02. The van der Waals surface area contributed by atoms with Crippen LogP contribution in [0, 0.1) is 13.8 Å². The molecule has 1 aromatic carbocycles. The summed E-state index contributed by atoms with van der Waals surface area (Å²) in [5.74, 6) is 0.143. The molecule has 0 spiro atoms. The van der Waals surface area contributed by atoms with Gasteiger partial charge in [0.05, 0.1) is 11.6 Å². The minimum absolute atomic E-state index is 0.0469. The third-order valence-corrected chi connectivity index (χ3v) is 2.33. The first-order chi connectivity index (χ1) is 6.61. The van der Waals surface area contributed by atoms with Crippen LogP contribution < -0.4 is 5.43 Å². The number of phenolic OH excluding ortho intramolecular Hbond substituents is 1. The molecule has 0 radical (unpaired) electrons. The topological polar surface area (TPSA) is 50.4 Å². The number of rotatable bonds is 0. The summed E-state index contributed by atoms with van der Waals surface area (Å²) in [7, 11) is 0. The second-order valence-electron chi connectivity index (χ2n) is 3.33. The van der Waals surface area contributed by atoms with E-state index in [1.165, 1.54) is 12.3 Å². The predicted molar refractivity (Wildman–Crippen MR) is 53.6 cm³/mol. The van der Waals surface area contributed by atoms with E-state index in [-0.39, 0.29) is 11.2 Å². The highest BCUT2D eigenvalue weighted by Crippen LogP contribution is 2.24. The molecule has 0 saturated carbocycles. The standard InChI is InChI=1S/C11H10O3/c1-6-5-14-11-7(2)9(12)4-3-8(11)10(6)13/h3-5,12H,1-2H3. The molecular formula is C11H10O3. The highest BCUT2D eigenvalue weighted by atomic mass is 16.3. The normalized spacial score (nSPS) is 10.7. The molecule has 0 unspecified atom stereocenters. The van der Waals surface area contributed by atoms with Crippen molar-refractivity contribution in [3.63, 3.8) is 0 Å². The molecule has 0 aliphatic carbocycles. The predicted octanol–water partition coefficient (Wildman–Crippen LogP) is 2.12. The fourth-order valence-electron chi connectivity index (χ4n) is 1.43. The average Bonchev–Trinajstić information content (AvgIpc) is 2.17. The van der Waals surface area contributed by atoms with Gasteiger partial charge in [-0.2, -0.15) is 0 Å². The summed E-state index contributed by atoms with van der Waals surface area (Å²) in [6, 6.07) is 3.09. The van der Waals surface area contributed by atoms with Gasteiger partial charge in [-0.05, 0) is 26.0 Å². The number of aromatic hydroxyl groups is 1. The molecule has 0 saturated heterocycles. The van der Waals surface area contributed by atoms with Gasteiger partial charge in [-0.25, -0.2) is 0 Å². The van der Waals surface area contributed by atoms with Crippen molar-refractivity contribution in [2.24, 2.45) is 0 Å². The second kappa shape index (κ2) is 2.87. The molecule has 14 heavy (non-hydrogen) atoms. The average molecular weight is 190 g/mol. The Bertz CT molecular complexity index is 552. The highest BCUT2D eigenvalue weighted by Gasteiger charge is 2.08. The van der Waals surface area contributed by atoms with Crippen molar-refractivity contribution in [1.29, 1.82) is 0 Å². The van der Waals surface area contributed by atoms with Gasteiger partial charge in [0.2, 0.25) is 0 Å². The van der Waals surface area contributed by atoms with E-state index < -0.39 is 0 Å². The number of hydrogen-bond donors (Lipinski definition) is 1. The molecular weight excluding hydrogens is 180 g/mol. The van der Waals surface area contributed by atoms with Gasteiger partial charge in [0.15, 0.2) is 5.43 Å². The summed E-state index contributed by atoms with van der Waals surface area (Å²) in [6.45, 7) is 3.42. The monoisotopic (exact) mass is 190 g/mol. The number of fused-ring (bicyclic) bond motifs is 1. The Morgan fingerprint density at radius 3 is 2.71 bits per heavy atom. The maximum Gasteiger partial charge on any atom is 0.195 e. The van der Waals surface area contributed by atoms with Crippen molar-refractivity contribution in [2.75, 3.05) is 0 Å². The maximum atomic E-state index is 11.7. The first kappa shape index (κ1) is 8.81. The van der Waals surface area contributed by atoms with Gasteiger partial charge in [-0.3, -0.25) is 4.79 Å². The number of benzene rings is 1. The quantitative estimate of drug-likeness (QED) is 0.692. The lowest BCUT2D eigenvalue weighted by Gasteiger charge is -2.02. The Labute approximate surface area is 80.6 Å². The zero-order valence-electron chi connectivity index (χ0n) is 8.00. The van der Waals surface area contributed by atoms with Crippen LogP contribution in [-0.2, 0) is 0 Å². The number of phenols is 1. The first-order valence-electron chi connectivity index (χ1n) is 4.32. The zero-order chi connectivity index (χ0) is 10.3. The summed E-state index contributed by atoms with van der Waals surface area (Å²) < 4.78 is 5.27. The molecule has 1 aromatic heterocycles. The van der Waals surface area contributed by atoms with Crippen molar-refractivity contribution in [1.82, 2.24) is 0 Å². The van der Waals surface area contributed by atoms with Crippen LogP contribution in [0.5, 0.6) is 5.75 Å². The van der Waals surface area contributed by atoms with E-state index in [1.54, 1.807) is 19.9 Å². The molecule has 3 heteroatoms. The van der Waals surface area contributed by atoms with Crippen LogP contribution >= 0.6 is 0 Å². The van der Waals surface area contributed by atoms with Crippen LogP contribution in [0.15, 0.2) is 27.6 Å². The fourth-order valence-corrected chi connectivity index (χ4v) is 1.43. The van der Waals surface area contributed by atoms with Crippen molar-refractivity contribution < 1.29 is 9.52 Å². The lowest BCUT2D eigenvalue weighted by atomic mass is 10.1. The smallest absolute Gasteiger partial charge is 0.195 e. The van der Waals surface area contributed by atoms with Crippen LogP contribution in [0.2, 0.25) is 0 Å². The summed E-state index contributed by atoms with van der Waals surface area (Å²) >= 11 is 0. The van der Waals surface area contributed by atoms with Crippen molar-refractivity contribution in [3.05, 3.63) is 39.7 Å². The third kappa shape index (κ3) is 1.09. The van der Waals surface area contributed by atoms with E-state index in [4.69, 9.17) is 4.42 Å². The first-order valence-corrected chi connectivity index (χ1v) is 4.32. The molecule has 1 heterocycles. The fraction of sp³-hybridized carbons (Fsp3) is 0.182. The van der Waals surface area contributed by atoms with E-state index in [9.17, 15) is 9.90 Å². The molecule has 0 bridgehead atoms. The van der Waals surface area contributed by atoms with Gasteiger partial charge >= 0.3 is 0 Å². The summed E-state index contributed by atoms with van der Waals surface area (Å²) in [6.07, 6.45) is 1.41. The Kier molecular flexibility index (Phi) is 1.81. The van der Waals surface area contributed by atoms with Crippen molar-refractivity contribution >= 4 is 11.0 Å². The lowest BCUT2D eigenvalue weighted by molar-refractivity contribution is 0.469. The lowest BCUT2D eigenvalue weighted by Crippen LogP contribution is -2.04. The zero-order valence-corrected chi connectivity index (χ0v) is 8.00. The van der Waals surface area contributed by atoms with Crippen LogP contribution in [0.1, 0.15) is 11.1 Å². The SMILES string of the molecule is Cc1coc2c(C)c(O)ccc2c1=O. The minimum atomic E-state index is -0.0469. The molecule has 2 aromatic rings. The van der Waals surface area contributed by atoms with E-state index in [1.807, 2.05) is 0 Å². The highest BCUT2D eigenvalue weighted by molar-refractivity contribution is 5.81. The maximum absolute atomic E-state index is 11.7. The molecule has 0 aliphatic rings. The van der Waals surface area contributed by atoms with Crippen LogP contribution in [0.25, 0.3) is 11.0 Å². The van der Waals surface area contributed by atoms with Gasteiger partial charge in [-0.15, -0.1) is 0 Å². The molecule has 3 nitrogen and oxygen atoms in total. The van der Waals surface area contributed by atoms with Gasteiger partial charge in [0.25, 0.3) is 0 Å². The van der Waals surface area contributed by atoms with Crippen molar-refractivity contribution in [3.8, 4) is 5.75 Å². The van der Waals surface area contributed by atoms with E-state index in [0.29, 0.717) is 22.1 Å². The Morgan fingerprint density at radius 1 is 1.29 bits per heavy atom. The van der Waals surface area contributed by atoms with E-state index >= 15 is 0 Å². The molecule has 0 aliphatic heterocycles. The molecule has 72 valence electrons. The van der Waals surface area contributed by atoms with Gasteiger partial charge in [0.1, 0.15) is 11.3 Å². The van der Waals surface area contributed by atoms with Crippen LogP contribution in [-0.4, -0.2) is 5.11 Å². The van der Waals surface area contributed by atoms with Crippen LogP contribution in [0.3, 0.4) is 0 Å². The van der Waals surface area contributed by atoms with Gasteiger partial charge in [-0.1, -0.05) is 0 Å². The minimum Gasteiger partial charge on any atom is -0.508 e. The molecule has 0 amide bonds. The molecule has 0 fully saturated rings. The van der Waals surface area contributed by atoms with Gasteiger partial charge < -0.3 is 9.52 Å². The Hall–Kier alpha value is -1.77. The summed E-state index contributed by atoms with van der Waals surface area (Å²) in [5.41, 5.74) is 1.58. The molecule has 1 N–H and O–H groups in total. The van der Waals surface area contributed by atoms with Crippen molar-refractivity contribution in [2.45, 2.75) is 13.8 Å². The largest absolute Gasteiger partial charge is 0.508 e. The number of hydrogen-bond acceptors (Lipinski definition) is 3. The summed E-state index contributed by atoms with van der Waals surface area (Å²) in [4.78, 5) is 11.7. The third-order valence-electron chi connectivity index (χ3n) is 2.33. The molecule has 0 atom stereocenters. The van der Waals surface area contributed by atoms with Gasteiger partial charge in [0, 0.05) is 11.1 Å². The van der Waals surface area contributed by atoms with E-state index in [2.05, 4.69) is 0 Å². The van der Waals surface area contributed by atoms with E-state index in [0.717, 1.165) is 0 Å². The summed E-state index contributed by atoms with van der Waals surface area (Å²) in [5, 5.41) is 9.93. The van der Waals surface area contributed by atoms with Crippen LogP contribution in [0.4, 0.5) is 0 Å².